The molecule has 214 valence electrons. The third-order valence-electron chi connectivity index (χ3n) is 6.99. The van der Waals surface area contributed by atoms with Crippen molar-refractivity contribution in [3.8, 4) is 11.1 Å². The van der Waals surface area contributed by atoms with Crippen LogP contribution in [0.15, 0.2) is 55.0 Å². The van der Waals surface area contributed by atoms with Gasteiger partial charge >= 0.3 is 12.2 Å². The Labute approximate surface area is 233 Å². The number of fused-ring (bicyclic) bond motifs is 1. The number of carbonyl (C=O) groups excluding carboxylic acids is 2. The van der Waals surface area contributed by atoms with Crippen molar-refractivity contribution in [1.82, 2.24) is 29.8 Å². The number of amides is 3. The maximum absolute atomic E-state index is 13.3. The molecule has 1 unspecified atom stereocenters. The van der Waals surface area contributed by atoms with Gasteiger partial charge in [0.15, 0.2) is 5.82 Å². The molecule has 0 radical (unpaired) electrons. The van der Waals surface area contributed by atoms with Gasteiger partial charge in [0.25, 0.3) is 5.91 Å². The molecule has 41 heavy (non-hydrogen) atoms. The highest BCUT2D eigenvalue weighted by Gasteiger charge is 2.32. The number of hydrogen-bond donors (Lipinski definition) is 4. The van der Waals surface area contributed by atoms with Gasteiger partial charge in [0.05, 0.1) is 5.56 Å². The van der Waals surface area contributed by atoms with Crippen LogP contribution in [0.1, 0.15) is 35.3 Å². The number of nitrogens with zero attached hydrogens (tertiary/aromatic N) is 5. The summed E-state index contributed by atoms with van der Waals surface area (Å²) in [6, 6.07) is 9.43. The van der Waals surface area contributed by atoms with E-state index in [-0.39, 0.29) is 17.5 Å². The first-order chi connectivity index (χ1) is 19.6. The molecule has 0 spiro atoms. The molecule has 1 aromatic carbocycles. The second kappa shape index (κ2) is 11.4. The van der Waals surface area contributed by atoms with Crippen LogP contribution in [-0.4, -0.2) is 62.6 Å². The van der Waals surface area contributed by atoms with E-state index in [2.05, 4.69) is 43.0 Å². The molecule has 1 saturated heterocycles. The number of aromatic nitrogens is 4. The predicted molar refractivity (Wildman–Crippen MR) is 147 cm³/mol. The first kappa shape index (κ1) is 27.8. The van der Waals surface area contributed by atoms with Gasteiger partial charge in [-0.05, 0) is 62.7 Å². The van der Waals surface area contributed by atoms with Crippen molar-refractivity contribution in [3.05, 3.63) is 66.2 Å². The van der Waals surface area contributed by atoms with Gasteiger partial charge in [-0.1, -0.05) is 18.2 Å². The minimum atomic E-state index is -4.63. The molecular weight excluding hydrogens is 539 g/mol. The molecule has 1 aliphatic rings. The van der Waals surface area contributed by atoms with Gasteiger partial charge < -0.3 is 21.3 Å². The standard InChI is InChI=1S/C27H28F3N9O2/c1-38-13-3-4-18(38)11-12-32-25(40)19-14-39-23(24(31)33-15-34-39)22(19)16-7-9-17(10-8-16)35-26(41)37-21-6-2-5-20(36-21)27(28,29)30/h2,5-10,14-15,18H,3-4,11-13H2,1H3,(H,32,40)(H2,31,33,34)(H2,35,36,37,41). The van der Waals surface area contributed by atoms with Crippen LogP contribution >= 0.6 is 0 Å². The molecule has 3 amide bonds. The number of rotatable bonds is 7. The molecule has 11 nitrogen and oxygen atoms in total. The van der Waals surface area contributed by atoms with Crippen molar-refractivity contribution >= 4 is 34.8 Å². The fraction of sp³-hybridized carbons (Fsp3) is 0.296. The van der Waals surface area contributed by atoms with Crippen molar-refractivity contribution < 1.29 is 22.8 Å². The Balaban J connectivity index is 1.32. The number of urea groups is 1. The normalized spacial score (nSPS) is 15.7. The van der Waals surface area contributed by atoms with Gasteiger partial charge in [-0.3, -0.25) is 10.1 Å². The molecular formula is C27H28F3N9O2. The summed E-state index contributed by atoms with van der Waals surface area (Å²) >= 11 is 0. The minimum absolute atomic E-state index is 0.191. The summed E-state index contributed by atoms with van der Waals surface area (Å²) in [6.45, 7) is 1.57. The number of hydrogen-bond acceptors (Lipinski definition) is 7. The van der Waals surface area contributed by atoms with Crippen molar-refractivity contribution in [2.24, 2.45) is 0 Å². The molecule has 1 aliphatic heterocycles. The van der Waals surface area contributed by atoms with Crippen LogP contribution in [0.4, 0.5) is 35.3 Å². The number of halogens is 3. The highest BCUT2D eigenvalue weighted by atomic mass is 19.4. The van der Waals surface area contributed by atoms with Gasteiger partial charge in [-0.15, -0.1) is 0 Å². The topological polar surface area (TPSA) is 143 Å². The second-order valence-corrected chi connectivity index (χ2v) is 9.74. The van der Waals surface area contributed by atoms with Crippen molar-refractivity contribution in [1.29, 1.82) is 0 Å². The Bertz CT molecular complexity index is 1570. The second-order valence-electron chi connectivity index (χ2n) is 9.74. The van der Waals surface area contributed by atoms with Crippen LogP contribution < -0.4 is 21.7 Å². The molecule has 0 aliphatic carbocycles. The number of anilines is 3. The van der Waals surface area contributed by atoms with Crippen LogP contribution in [0.2, 0.25) is 0 Å². The van der Waals surface area contributed by atoms with Crippen molar-refractivity contribution in [3.63, 3.8) is 0 Å². The van der Waals surface area contributed by atoms with E-state index >= 15 is 0 Å². The maximum Gasteiger partial charge on any atom is 0.433 e. The third-order valence-corrected chi connectivity index (χ3v) is 6.99. The van der Waals surface area contributed by atoms with E-state index in [9.17, 15) is 22.8 Å². The lowest BCUT2D eigenvalue weighted by molar-refractivity contribution is -0.141. The quantitative estimate of drug-likeness (QED) is 0.262. The molecule has 1 fully saturated rings. The summed E-state index contributed by atoms with van der Waals surface area (Å²) in [4.78, 5) is 35.5. The minimum Gasteiger partial charge on any atom is -0.382 e. The lowest BCUT2D eigenvalue weighted by Gasteiger charge is -2.19. The number of nitrogens with two attached hydrogens (primary N) is 1. The fourth-order valence-electron chi connectivity index (χ4n) is 4.95. The van der Waals surface area contributed by atoms with E-state index in [1.165, 1.54) is 16.9 Å². The van der Waals surface area contributed by atoms with E-state index in [0.29, 0.717) is 40.5 Å². The Morgan fingerprint density at radius 2 is 1.90 bits per heavy atom. The molecule has 4 aromatic rings. The number of nitrogens with one attached hydrogen (secondary N) is 3. The summed E-state index contributed by atoms with van der Waals surface area (Å²) in [5.41, 5.74) is 7.39. The molecule has 0 bridgehead atoms. The molecule has 3 aromatic heterocycles. The first-order valence-electron chi connectivity index (χ1n) is 12.9. The first-order valence-corrected chi connectivity index (χ1v) is 12.9. The molecule has 4 heterocycles. The summed E-state index contributed by atoms with van der Waals surface area (Å²) in [5, 5.41) is 12.0. The van der Waals surface area contributed by atoms with E-state index in [1.807, 2.05) is 0 Å². The van der Waals surface area contributed by atoms with Gasteiger partial charge in [0.2, 0.25) is 0 Å². The van der Waals surface area contributed by atoms with Crippen LogP contribution in [-0.2, 0) is 6.18 Å². The lowest BCUT2D eigenvalue weighted by Crippen LogP contribution is -2.31. The molecule has 5 rings (SSSR count). The van der Waals surface area contributed by atoms with E-state index in [4.69, 9.17) is 5.73 Å². The van der Waals surface area contributed by atoms with E-state index in [1.54, 1.807) is 30.5 Å². The van der Waals surface area contributed by atoms with Crippen LogP contribution in [0.3, 0.4) is 0 Å². The maximum atomic E-state index is 13.3. The average Bonchev–Trinajstić information content (AvgIpc) is 3.53. The Hall–Kier alpha value is -4.72. The lowest BCUT2D eigenvalue weighted by atomic mass is 10.0. The Morgan fingerprint density at radius 1 is 1.12 bits per heavy atom. The largest absolute Gasteiger partial charge is 0.433 e. The number of carbonyl (C=O) groups is 2. The number of nitrogen functional groups attached to an aromatic ring is 1. The summed E-state index contributed by atoms with van der Waals surface area (Å²) in [6.07, 6.45) is 1.36. The van der Waals surface area contributed by atoms with Crippen LogP contribution in [0, 0.1) is 0 Å². The highest BCUT2D eigenvalue weighted by Crippen LogP contribution is 2.33. The van der Waals surface area contributed by atoms with Gasteiger partial charge in [-0.25, -0.2) is 19.3 Å². The van der Waals surface area contributed by atoms with Crippen molar-refractivity contribution in [2.75, 3.05) is 36.5 Å². The summed E-state index contributed by atoms with van der Waals surface area (Å²) < 4.78 is 40.2. The van der Waals surface area contributed by atoms with Crippen LogP contribution in [0.25, 0.3) is 16.6 Å². The zero-order chi connectivity index (χ0) is 29.1. The number of pyridine rings is 1. The molecule has 14 heteroatoms. The van der Waals surface area contributed by atoms with Gasteiger partial charge in [0.1, 0.15) is 23.4 Å². The summed E-state index contributed by atoms with van der Waals surface area (Å²) in [7, 11) is 2.09. The van der Waals surface area contributed by atoms with Crippen LogP contribution in [0.5, 0.6) is 0 Å². The third kappa shape index (κ3) is 6.22. The number of benzene rings is 1. The molecule has 0 saturated carbocycles. The van der Waals surface area contributed by atoms with E-state index in [0.717, 1.165) is 37.9 Å². The Morgan fingerprint density at radius 3 is 2.61 bits per heavy atom. The Kier molecular flexibility index (Phi) is 7.75. The van der Waals surface area contributed by atoms with Crippen molar-refractivity contribution in [2.45, 2.75) is 31.5 Å². The monoisotopic (exact) mass is 567 g/mol. The smallest absolute Gasteiger partial charge is 0.382 e. The molecule has 5 N–H and O–H groups in total. The number of likely N-dealkylation sites (tertiary alicyclic amines) is 1. The van der Waals surface area contributed by atoms with E-state index < -0.39 is 17.9 Å². The SMILES string of the molecule is CN1CCCC1CCNC(=O)c1cn2ncnc(N)c2c1-c1ccc(NC(=O)Nc2cccc(C(F)(F)F)n2)cc1. The molecule has 1 atom stereocenters. The fourth-order valence-corrected chi connectivity index (χ4v) is 4.95. The van der Waals surface area contributed by atoms with Gasteiger partial charge in [0, 0.05) is 30.0 Å². The van der Waals surface area contributed by atoms with Gasteiger partial charge in [-0.2, -0.15) is 18.3 Å². The highest BCUT2D eigenvalue weighted by molar-refractivity contribution is 6.07. The summed E-state index contributed by atoms with van der Waals surface area (Å²) in [5.74, 6) is -0.336. The number of alkyl halides is 3. The zero-order valence-electron chi connectivity index (χ0n) is 22.1. The zero-order valence-corrected chi connectivity index (χ0v) is 22.1. The average molecular weight is 568 g/mol. The predicted octanol–water partition coefficient (Wildman–Crippen LogP) is 4.25.